The first-order valence-electron chi connectivity index (χ1n) is 7.59. The number of methoxy groups -OCH3 is 1. The second kappa shape index (κ2) is 8.00. The summed E-state index contributed by atoms with van der Waals surface area (Å²) in [5.74, 6) is -0.382. The van der Waals surface area contributed by atoms with Gasteiger partial charge in [-0.1, -0.05) is 37.3 Å². The Balaban J connectivity index is 2.07. The van der Waals surface area contributed by atoms with Crippen LogP contribution < -0.4 is 10.1 Å². The van der Waals surface area contributed by atoms with Gasteiger partial charge < -0.3 is 10.1 Å². The SMILES string of the molecule is CCc1ccc(NC(=O)C(C#N)Cc2ccccc2OC)cc1. The fraction of sp³-hybridized carbons (Fsp3) is 0.263. The van der Waals surface area contributed by atoms with Gasteiger partial charge >= 0.3 is 0 Å². The van der Waals surface area contributed by atoms with E-state index in [4.69, 9.17) is 4.74 Å². The number of para-hydroxylation sites is 1. The number of amides is 1. The number of aryl methyl sites for hydroxylation is 1. The van der Waals surface area contributed by atoms with Crippen LogP contribution in [0.5, 0.6) is 5.75 Å². The average molecular weight is 308 g/mol. The van der Waals surface area contributed by atoms with E-state index in [1.807, 2.05) is 48.5 Å². The molecule has 0 aliphatic heterocycles. The molecule has 4 nitrogen and oxygen atoms in total. The van der Waals surface area contributed by atoms with Crippen molar-refractivity contribution in [1.82, 2.24) is 0 Å². The molecule has 0 heterocycles. The van der Waals surface area contributed by atoms with Crippen molar-refractivity contribution >= 4 is 11.6 Å². The summed E-state index contributed by atoms with van der Waals surface area (Å²) in [6.07, 6.45) is 1.27. The fourth-order valence-electron chi connectivity index (χ4n) is 2.34. The highest BCUT2D eigenvalue weighted by Crippen LogP contribution is 2.21. The van der Waals surface area contributed by atoms with Crippen LogP contribution in [0.2, 0.25) is 0 Å². The van der Waals surface area contributed by atoms with Gasteiger partial charge in [0, 0.05) is 12.1 Å². The highest BCUT2D eigenvalue weighted by Gasteiger charge is 2.20. The second-order valence-electron chi connectivity index (χ2n) is 5.24. The number of carbonyl (C=O) groups excluding carboxylic acids is 1. The lowest BCUT2D eigenvalue weighted by Crippen LogP contribution is -2.23. The lowest BCUT2D eigenvalue weighted by Gasteiger charge is -2.13. The first kappa shape index (κ1) is 16.6. The normalized spacial score (nSPS) is 11.3. The standard InChI is InChI=1S/C19H20N2O2/c1-3-14-8-10-17(11-9-14)21-19(22)16(13-20)12-15-6-4-5-7-18(15)23-2/h4-11,16H,3,12H2,1-2H3,(H,21,22). The lowest BCUT2D eigenvalue weighted by molar-refractivity contribution is -0.118. The van der Waals surface area contributed by atoms with Gasteiger partial charge in [0.25, 0.3) is 0 Å². The van der Waals surface area contributed by atoms with Gasteiger partial charge in [-0.25, -0.2) is 0 Å². The van der Waals surface area contributed by atoms with E-state index in [1.54, 1.807) is 7.11 Å². The van der Waals surface area contributed by atoms with Crippen LogP contribution >= 0.6 is 0 Å². The quantitative estimate of drug-likeness (QED) is 0.887. The van der Waals surface area contributed by atoms with E-state index in [0.29, 0.717) is 17.9 Å². The molecule has 0 fully saturated rings. The average Bonchev–Trinajstić information content (AvgIpc) is 2.60. The van der Waals surface area contributed by atoms with E-state index in [-0.39, 0.29) is 5.91 Å². The molecule has 0 saturated heterocycles. The van der Waals surface area contributed by atoms with Crippen molar-refractivity contribution in [3.05, 3.63) is 59.7 Å². The fourth-order valence-corrected chi connectivity index (χ4v) is 2.34. The van der Waals surface area contributed by atoms with E-state index in [0.717, 1.165) is 12.0 Å². The zero-order valence-electron chi connectivity index (χ0n) is 13.4. The number of nitrogens with one attached hydrogen (secondary N) is 1. The Morgan fingerprint density at radius 2 is 1.91 bits per heavy atom. The summed E-state index contributed by atoms with van der Waals surface area (Å²) in [7, 11) is 1.58. The maximum absolute atomic E-state index is 12.3. The molecular weight excluding hydrogens is 288 g/mol. The summed E-state index contributed by atoms with van der Waals surface area (Å²) in [5, 5.41) is 12.1. The predicted octanol–water partition coefficient (Wildman–Crippen LogP) is 3.58. The van der Waals surface area contributed by atoms with Gasteiger partial charge in [-0.3, -0.25) is 4.79 Å². The largest absolute Gasteiger partial charge is 0.496 e. The van der Waals surface area contributed by atoms with Gasteiger partial charge in [0.05, 0.1) is 13.2 Å². The summed E-state index contributed by atoms with van der Waals surface area (Å²) in [4.78, 5) is 12.3. The third-order valence-corrected chi connectivity index (χ3v) is 3.72. The van der Waals surface area contributed by atoms with E-state index < -0.39 is 5.92 Å². The van der Waals surface area contributed by atoms with Crippen LogP contribution in [0, 0.1) is 17.2 Å². The van der Waals surface area contributed by atoms with Crippen molar-refractivity contribution in [2.45, 2.75) is 19.8 Å². The maximum Gasteiger partial charge on any atom is 0.242 e. The van der Waals surface area contributed by atoms with Gasteiger partial charge in [0.1, 0.15) is 11.7 Å². The Bertz CT molecular complexity index is 702. The highest BCUT2D eigenvalue weighted by atomic mass is 16.5. The minimum Gasteiger partial charge on any atom is -0.496 e. The molecule has 0 radical (unpaired) electrons. The number of ether oxygens (including phenoxy) is 1. The highest BCUT2D eigenvalue weighted by molar-refractivity contribution is 5.94. The van der Waals surface area contributed by atoms with Crippen molar-refractivity contribution in [2.75, 3.05) is 12.4 Å². The molecule has 1 atom stereocenters. The minimum absolute atomic E-state index is 0.303. The van der Waals surface area contributed by atoms with Crippen molar-refractivity contribution in [1.29, 1.82) is 5.26 Å². The molecule has 0 aliphatic rings. The molecular formula is C19H20N2O2. The summed E-state index contributed by atoms with van der Waals surface area (Å²) in [6.45, 7) is 2.08. The number of hydrogen-bond donors (Lipinski definition) is 1. The number of nitriles is 1. The van der Waals surface area contributed by atoms with Gasteiger partial charge in [-0.15, -0.1) is 0 Å². The number of nitrogens with zero attached hydrogens (tertiary/aromatic N) is 1. The van der Waals surface area contributed by atoms with E-state index in [2.05, 4.69) is 18.3 Å². The molecule has 2 aromatic carbocycles. The van der Waals surface area contributed by atoms with E-state index in [1.165, 1.54) is 5.56 Å². The van der Waals surface area contributed by atoms with Crippen molar-refractivity contribution in [3.63, 3.8) is 0 Å². The zero-order valence-corrected chi connectivity index (χ0v) is 13.4. The molecule has 23 heavy (non-hydrogen) atoms. The molecule has 4 heteroatoms. The number of benzene rings is 2. The summed E-state index contributed by atoms with van der Waals surface area (Å²) >= 11 is 0. The van der Waals surface area contributed by atoms with E-state index >= 15 is 0 Å². The monoisotopic (exact) mass is 308 g/mol. The molecule has 1 unspecified atom stereocenters. The van der Waals surface area contributed by atoms with Crippen molar-refractivity contribution < 1.29 is 9.53 Å². The molecule has 2 rings (SSSR count). The summed E-state index contributed by atoms with van der Waals surface area (Å²) in [5.41, 5.74) is 2.75. The first-order chi connectivity index (χ1) is 11.2. The third kappa shape index (κ3) is 4.33. The molecule has 2 aromatic rings. The van der Waals surface area contributed by atoms with Gasteiger partial charge in [0.2, 0.25) is 5.91 Å². The smallest absolute Gasteiger partial charge is 0.242 e. The zero-order chi connectivity index (χ0) is 16.7. The topological polar surface area (TPSA) is 62.1 Å². The Labute approximate surface area is 136 Å². The summed E-state index contributed by atoms with van der Waals surface area (Å²) < 4.78 is 5.27. The van der Waals surface area contributed by atoms with Crippen LogP contribution in [0.1, 0.15) is 18.1 Å². The third-order valence-electron chi connectivity index (χ3n) is 3.72. The Morgan fingerprint density at radius 1 is 1.22 bits per heavy atom. The van der Waals surface area contributed by atoms with Gasteiger partial charge in [-0.2, -0.15) is 5.26 Å². The Kier molecular flexibility index (Phi) is 5.76. The summed E-state index contributed by atoms with van der Waals surface area (Å²) in [6, 6.07) is 17.1. The number of carbonyl (C=O) groups is 1. The molecule has 0 aliphatic carbocycles. The molecule has 0 aromatic heterocycles. The number of anilines is 1. The van der Waals surface area contributed by atoms with Crippen LogP contribution in [0.15, 0.2) is 48.5 Å². The molecule has 0 spiro atoms. The molecule has 0 saturated carbocycles. The van der Waals surface area contributed by atoms with Crippen LogP contribution in [0.25, 0.3) is 0 Å². The molecule has 118 valence electrons. The molecule has 0 bridgehead atoms. The second-order valence-corrected chi connectivity index (χ2v) is 5.24. The van der Waals surface area contributed by atoms with Crippen LogP contribution in [-0.2, 0) is 17.6 Å². The van der Waals surface area contributed by atoms with Crippen LogP contribution in [0.4, 0.5) is 5.69 Å². The van der Waals surface area contributed by atoms with E-state index in [9.17, 15) is 10.1 Å². The van der Waals surface area contributed by atoms with Crippen LogP contribution in [0.3, 0.4) is 0 Å². The van der Waals surface area contributed by atoms with Gasteiger partial charge in [0.15, 0.2) is 0 Å². The van der Waals surface area contributed by atoms with Gasteiger partial charge in [-0.05, 0) is 35.7 Å². The van der Waals surface area contributed by atoms with Crippen molar-refractivity contribution in [2.24, 2.45) is 5.92 Å². The Morgan fingerprint density at radius 3 is 2.52 bits per heavy atom. The van der Waals surface area contributed by atoms with Crippen molar-refractivity contribution in [3.8, 4) is 11.8 Å². The number of rotatable bonds is 6. The number of hydrogen-bond acceptors (Lipinski definition) is 3. The predicted molar refractivity (Wildman–Crippen MR) is 90.3 cm³/mol. The first-order valence-corrected chi connectivity index (χ1v) is 7.59. The van der Waals surface area contributed by atoms with Crippen LogP contribution in [-0.4, -0.2) is 13.0 Å². The minimum atomic E-state index is -0.767. The molecule has 1 N–H and O–H groups in total. The lowest BCUT2D eigenvalue weighted by atomic mass is 9.99. The maximum atomic E-state index is 12.3. The Hall–Kier alpha value is -2.80. The molecule has 1 amide bonds.